The van der Waals surface area contributed by atoms with E-state index in [0.29, 0.717) is 39.2 Å². The fourth-order valence-electron chi connectivity index (χ4n) is 4.01. The van der Waals surface area contributed by atoms with Crippen LogP contribution in [0, 0.1) is 10.1 Å². The van der Waals surface area contributed by atoms with Crippen LogP contribution in [0.4, 0.5) is 5.69 Å². The Morgan fingerprint density at radius 1 is 0.976 bits per heavy atom. The van der Waals surface area contributed by atoms with Crippen molar-refractivity contribution in [3.05, 3.63) is 135 Å². The van der Waals surface area contributed by atoms with Crippen molar-refractivity contribution in [2.45, 2.75) is 0 Å². The number of ether oxygens (including phenoxy) is 2. The van der Waals surface area contributed by atoms with Crippen LogP contribution in [0.3, 0.4) is 0 Å². The number of rotatable bonds is 8. The highest BCUT2D eigenvalue weighted by atomic mass is 16.6. The number of carbonyl (C=O) groups excluding carboxylic acids is 1. The summed E-state index contributed by atoms with van der Waals surface area (Å²) in [6, 6.07) is 26.7. The number of nitro groups is 1. The number of para-hydroxylation sites is 2. The predicted octanol–water partition coefficient (Wildman–Crippen LogP) is 5.48. The lowest BCUT2D eigenvalue weighted by molar-refractivity contribution is -0.384. The van der Waals surface area contributed by atoms with Gasteiger partial charge in [0.2, 0.25) is 0 Å². The van der Waals surface area contributed by atoms with Crippen molar-refractivity contribution < 1.29 is 19.2 Å². The van der Waals surface area contributed by atoms with E-state index >= 15 is 0 Å². The average molecular weight is 547 g/mol. The number of fused-ring (bicyclic) bond motifs is 1. The Hall–Kier alpha value is -5.90. The number of carbonyl (C=O) groups is 1. The third kappa shape index (κ3) is 6.07. The summed E-state index contributed by atoms with van der Waals surface area (Å²) in [5.41, 5.74) is 1.63. The fourth-order valence-corrected chi connectivity index (χ4v) is 4.01. The van der Waals surface area contributed by atoms with E-state index in [2.05, 4.69) is 10.1 Å². The maximum Gasteiger partial charge on any atom is 0.336 e. The van der Waals surface area contributed by atoms with Gasteiger partial charge in [0.15, 0.2) is 5.82 Å². The normalized spacial score (nSPS) is 11.2. The summed E-state index contributed by atoms with van der Waals surface area (Å²) in [7, 11) is 1.57. The zero-order valence-electron chi connectivity index (χ0n) is 21.7. The number of non-ortho nitro benzene ring substituents is 1. The number of methoxy groups -OCH3 is 1. The van der Waals surface area contributed by atoms with E-state index in [1.807, 2.05) is 0 Å². The highest BCUT2D eigenvalue weighted by molar-refractivity contribution is 5.91. The van der Waals surface area contributed by atoms with Crippen LogP contribution in [0.1, 0.15) is 11.1 Å². The van der Waals surface area contributed by atoms with Crippen LogP contribution in [0.25, 0.3) is 28.4 Å². The molecule has 0 amide bonds. The molecule has 0 fully saturated rings. The van der Waals surface area contributed by atoms with Crippen LogP contribution in [0.15, 0.2) is 113 Å². The molecule has 0 aliphatic heterocycles. The van der Waals surface area contributed by atoms with Gasteiger partial charge in [0, 0.05) is 29.3 Å². The molecule has 0 atom stereocenters. The second-order valence-corrected chi connectivity index (χ2v) is 8.69. The predicted molar refractivity (Wildman–Crippen MR) is 155 cm³/mol. The Morgan fingerprint density at radius 3 is 2.51 bits per heavy atom. The molecule has 0 aliphatic carbocycles. The minimum Gasteiger partial charge on any atom is -0.497 e. The lowest BCUT2D eigenvalue weighted by atomic mass is 10.2. The summed E-state index contributed by atoms with van der Waals surface area (Å²) in [5.74, 6) is 0.489. The maximum atomic E-state index is 13.5. The summed E-state index contributed by atoms with van der Waals surface area (Å²) in [6.07, 6.45) is 4.01. The first-order chi connectivity index (χ1) is 19.9. The monoisotopic (exact) mass is 546 g/mol. The standard InChI is InChI=1S/C31H22N4O6/c1-40-25-16-14-22(15-17-25)30-33-27-11-4-3-10-26(27)31(37)34(30)32-20-23-8-2-5-12-28(23)41-29(36)18-13-21-7-6-9-24(19-21)35(38)39/h2-20H,1H3/b18-13+,32-20?. The van der Waals surface area contributed by atoms with E-state index < -0.39 is 10.9 Å². The highest BCUT2D eigenvalue weighted by Gasteiger charge is 2.13. The number of aromatic nitrogens is 2. The van der Waals surface area contributed by atoms with Gasteiger partial charge in [0.25, 0.3) is 11.2 Å². The van der Waals surface area contributed by atoms with Crippen molar-refractivity contribution in [2.24, 2.45) is 5.10 Å². The second kappa shape index (κ2) is 11.9. The Labute approximate surface area is 233 Å². The first kappa shape index (κ1) is 26.7. The number of hydrogen-bond donors (Lipinski definition) is 0. The topological polar surface area (TPSA) is 126 Å². The molecule has 0 bridgehead atoms. The van der Waals surface area contributed by atoms with E-state index in [4.69, 9.17) is 9.47 Å². The second-order valence-electron chi connectivity index (χ2n) is 8.69. The first-order valence-electron chi connectivity index (χ1n) is 12.4. The van der Waals surface area contributed by atoms with Crippen molar-refractivity contribution in [1.29, 1.82) is 0 Å². The molecule has 0 saturated heterocycles. The molecule has 5 rings (SSSR count). The van der Waals surface area contributed by atoms with Crippen LogP contribution >= 0.6 is 0 Å². The van der Waals surface area contributed by atoms with Crippen molar-refractivity contribution in [1.82, 2.24) is 9.66 Å². The Morgan fingerprint density at radius 2 is 1.73 bits per heavy atom. The number of hydrogen-bond acceptors (Lipinski definition) is 8. The quantitative estimate of drug-likeness (QED) is 0.0630. The van der Waals surface area contributed by atoms with E-state index in [1.54, 1.807) is 86.0 Å². The highest BCUT2D eigenvalue weighted by Crippen LogP contribution is 2.23. The number of benzene rings is 4. The molecule has 0 radical (unpaired) electrons. The van der Waals surface area contributed by atoms with Gasteiger partial charge in [-0.05, 0) is 60.2 Å². The molecule has 1 heterocycles. The molecule has 4 aromatic carbocycles. The van der Waals surface area contributed by atoms with Gasteiger partial charge in [-0.2, -0.15) is 9.78 Å². The van der Waals surface area contributed by atoms with Crippen molar-refractivity contribution >= 4 is 34.9 Å². The van der Waals surface area contributed by atoms with Gasteiger partial charge in [-0.25, -0.2) is 9.78 Å². The van der Waals surface area contributed by atoms with Crippen molar-refractivity contribution in [2.75, 3.05) is 7.11 Å². The summed E-state index contributed by atoms with van der Waals surface area (Å²) in [5, 5.41) is 15.8. The molecule has 5 aromatic rings. The van der Waals surface area contributed by atoms with Crippen LogP contribution in [-0.4, -0.2) is 33.9 Å². The summed E-state index contributed by atoms with van der Waals surface area (Å²) in [4.78, 5) is 41.2. The molecule has 0 spiro atoms. The number of nitrogens with zero attached hydrogens (tertiary/aromatic N) is 4. The molecule has 10 heteroatoms. The minimum absolute atomic E-state index is 0.0884. The van der Waals surface area contributed by atoms with Gasteiger partial charge in [-0.3, -0.25) is 14.9 Å². The molecular weight excluding hydrogens is 524 g/mol. The molecule has 10 nitrogen and oxygen atoms in total. The van der Waals surface area contributed by atoms with Gasteiger partial charge in [0.05, 0.1) is 29.2 Å². The Kier molecular flexibility index (Phi) is 7.73. The van der Waals surface area contributed by atoms with E-state index in [0.717, 1.165) is 0 Å². The molecular formula is C31H22N4O6. The zero-order valence-corrected chi connectivity index (χ0v) is 21.7. The van der Waals surface area contributed by atoms with Gasteiger partial charge < -0.3 is 9.47 Å². The molecule has 0 saturated carbocycles. The van der Waals surface area contributed by atoms with Crippen LogP contribution in [0.2, 0.25) is 0 Å². The summed E-state index contributed by atoms with van der Waals surface area (Å²) in [6.45, 7) is 0. The molecule has 1 aromatic heterocycles. The van der Waals surface area contributed by atoms with Crippen LogP contribution < -0.4 is 15.0 Å². The SMILES string of the molecule is COc1ccc(-c2nc3ccccc3c(=O)n2N=Cc2ccccc2OC(=O)/C=C/c2cccc([N+](=O)[O-])c2)cc1. The van der Waals surface area contributed by atoms with Gasteiger partial charge in [-0.1, -0.05) is 36.4 Å². The third-order valence-corrected chi connectivity index (χ3v) is 6.04. The smallest absolute Gasteiger partial charge is 0.336 e. The summed E-state index contributed by atoms with van der Waals surface area (Å²) < 4.78 is 12.0. The molecule has 0 N–H and O–H groups in total. The van der Waals surface area contributed by atoms with Gasteiger partial charge >= 0.3 is 5.97 Å². The Bertz CT molecular complexity index is 1880. The molecule has 202 valence electrons. The fraction of sp³-hybridized carbons (Fsp3) is 0.0323. The van der Waals surface area contributed by atoms with Crippen molar-refractivity contribution in [3.8, 4) is 22.9 Å². The van der Waals surface area contributed by atoms with Crippen LogP contribution in [-0.2, 0) is 4.79 Å². The summed E-state index contributed by atoms with van der Waals surface area (Å²) >= 11 is 0. The molecule has 41 heavy (non-hydrogen) atoms. The molecule has 0 aliphatic rings. The number of nitro benzene ring substituents is 1. The lowest BCUT2D eigenvalue weighted by Crippen LogP contribution is -2.20. The zero-order chi connectivity index (χ0) is 28.8. The maximum absolute atomic E-state index is 13.5. The van der Waals surface area contributed by atoms with Gasteiger partial charge in [0.1, 0.15) is 11.5 Å². The van der Waals surface area contributed by atoms with Gasteiger partial charge in [-0.15, -0.1) is 0 Å². The molecule has 0 unspecified atom stereocenters. The van der Waals surface area contributed by atoms with E-state index in [9.17, 15) is 19.7 Å². The third-order valence-electron chi connectivity index (χ3n) is 6.04. The van der Waals surface area contributed by atoms with Crippen LogP contribution in [0.5, 0.6) is 11.5 Å². The minimum atomic E-state index is -0.694. The van der Waals surface area contributed by atoms with Crippen molar-refractivity contribution in [3.63, 3.8) is 0 Å². The largest absolute Gasteiger partial charge is 0.497 e. The van der Waals surface area contributed by atoms with E-state index in [-0.39, 0.29) is 17.0 Å². The lowest BCUT2D eigenvalue weighted by Gasteiger charge is -2.10. The average Bonchev–Trinajstić information content (AvgIpc) is 3.00. The van der Waals surface area contributed by atoms with E-state index in [1.165, 1.54) is 41.2 Å². The Balaban J connectivity index is 1.46. The number of esters is 1. The first-order valence-corrected chi connectivity index (χ1v) is 12.4.